The molecule has 0 radical (unpaired) electrons. The summed E-state index contributed by atoms with van der Waals surface area (Å²) >= 11 is 1.51. The molecular formula is C29H32ClNO3S. The molecule has 0 N–H and O–H groups in total. The predicted molar refractivity (Wildman–Crippen MR) is 135 cm³/mol. The molecule has 1 atom stereocenters. The normalized spacial score (nSPS) is 23.0. The maximum absolute atomic E-state index is 13.5. The highest BCUT2D eigenvalue weighted by molar-refractivity contribution is 7.12. The van der Waals surface area contributed by atoms with E-state index in [0.717, 1.165) is 53.0 Å². The van der Waals surface area contributed by atoms with Gasteiger partial charge in [0, 0.05) is 18.8 Å². The van der Waals surface area contributed by atoms with Crippen LogP contribution in [0.2, 0.25) is 0 Å². The first-order valence-electron chi connectivity index (χ1n) is 12.3. The van der Waals surface area contributed by atoms with Crippen LogP contribution in [0.3, 0.4) is 0 Å². The van der Waals surface area contributed by atoms with E-state index in [2.05, 4.69) is 24.3 Å². The standard InChI is InChI=1S/C29H32NO3S.ClH/c31-26(28-12-7-17-34-28)20-30-15-13-24(14-16-30)27(21-30)33-29(32)25(18-22-8-3-1-4-9-22)19-23-10-5-2-6-11-23;/h1-12,17,24-25,27H,13-16,18-21H2;1H/q+1;/p-1/t24?,27-,30?;/m0./s1. The van der Waals surface area contributed by atoms with Gasteiger partial charge in [0.15, 0.2) is 6.10 Å². The van der Waals surface area contributed by atoms with Crippen LogP contribution in [0.15, 0.2) is 78.2 Å². The number of carbonyl (C=O) groups excluding carboxylic acids is 2. The van der Waals surface area contributed by atoms with E-state index in [1.807, 2.05) is 53.9 Å². The Balaban J connectivity index is 0.00000289. The van der Waals surface area contributed by atoms with Gasteiger partial charge in [0.05, 0.1) is 23.9 Å². The molecule has 6 rings (SSSR count). The van der Waals surface area contributed by atoms with Crippen molar-refractivity contribution in [2.45, 2.75) is 31.8 Å². The molecule has 0 spiro atoms. The van der Waals surface area contributed by atoms with Gasteiger partial charge in [-0.15, -0.1) is 11.3 Å². The Morgan fingerprint density at radius 2 is 1.49 bits per heavy atom. The third-order valence-corrected chi connectivity index (χ3v) is 8.48. The van der Waals surface area contributed by atoms with Crippen LogP contribution < -0.4 is 12.4 Å². The van der Waals surface area contributed by atoms with Gasteiger partial charge in [-0.25, -0.2) is 0 Å². The SMILES string of the molecule is O=C(C[N+]12CCC(CC1)[C@@H](OC(=O)C(Cc1ccccc1)Cc1ccccc1)C2)c1cccs1.[Cl-]. The molecule has 3 aliphatic heterocycles. The maximum Gasteiger partial charge on any atom is 0.310 e. The summed E-state index contributed by atoms with van der Waals surface area (Å²) in [6.45, 7) is 3.29. The maximum atomic E-state index is 13.5. The summed E-state index contributed by atoms with van der Waals surface area (Å²) in [5.41, 5.74) is 2.30. The van der Waals surface area contributed by atoms with Gasteiger partial charge >= 0.3 is 5.97 Å². The number of Topliss-reactive ketones (excluding diaryl/α,β-unsaturated/α-hetero) is 1. The number of quaternary nitrogens is 1. The van der Waals surface area contributed by atoms with Crippen molar-refractivity contribution in [3.8, 4) is 0 Å². The lowest BCUT2D eigenvalue weighted by Gasteiger charge is -2.51. The number of piperidine rings is 3. The lowest BCUT2D eigenvalue weighted by atomic mass is 9.82. The molecule has 0 amide bonds. The number of ether oxygens (including phenoxy) is 1. The number of ketones is 1. The average molecular weight is 510 g/mol. The number of thiophene rings is 1. The minimum Gasteiger partial charge on any atom is -1.00 e. The Labute approximate surface area is 217 Å². The van der Waals surface area contributed by atoms with E-state index >= 15 is 0 Å². The summed E-state index contributed by atoms with van der Waals surface area (Å²) in [6.07, 6.45) is 3.29. The number of benzene rings is 2. The number of esters is 1. The molecule has 4 nitrogen and oxygen atoms in total. The minimum absolute atomic E-state index is 0. The fourth-order valence-electron chi connectivity index (χ4n) is 5.68. The molecule has 6 heteroatoms. The molecule has 0 saturated carbocycles. The fourth-order valence-corrected chi connectivity index (χ4v) is 6.33. The summed E-state index contributed by atoms with van der Waals surface area (Å²) < 4.78 is 7.02. The number of hydrogen-bond donors (Lipinski definition) is 0. The van der Waals surface area contributed by atoms with Crippen LogP contribution in [0.4, 0.5) is 0 Å². The smallest absolute Gasteiger partial charge is 0.310 e. The molecule has 35 heavy (non-hydrogen) atoms. The molecule has 1 aromatic heterocycles. The number of fused-ring (bicyclic) bond motifs is 3. The zero-order valence-corrected chi connectivity index (χ0v) is 21.4. The summed E-state index contributed by atoms with van der Waals surface area (Å²) in [7, 11) is 0. The van der Waals surface area contributed by atoms with Gasteiger partial charge in [-0.2, -0.15) is 0 Å². The van der Waals surface area contributed by atoms with E-state index in [4.69, 9.17) is 4.74 Å². The largest absolute Gasteiger partial charge is 1.00 e. The van der Waals surface area contributed by atoms with Crippen LogP contribution in [-0.2, 0) is 22.4 Å². The molecule has 3 fully saturated rings. The van der Waals surface area contributed by atoms with Gasteiger partial charge in [0.1, 0.15) is 13.1 Å². The van der Waals surface area contributed by atoms with E-state index in [0.29, 0.717) is 25.3 Å². The van der Waals surface area contributed by atoms with Gasteiger partial charge in [-0.3, -0.25) is 9.59 Å². The molecule has 0 aliphatic carbocycles. The molecule has 3 saturated heterocycles. The summed E-state index contributed by atoms with van der Waals surface area (Å²) in [5, 5.41) is 1.96. The number of hydrogen-bond acceptors (Lipinski definition) is 4. The van der Waals surface area contributed by atoms with Crippen LogP contribution in [0.25, 0.3) is 0 Å². The van der Waals surface area contributed by atoms with Crippen molar-refractivity contribution in [3.05, 3.63) is 94.2 Å². The average Bonchev–Trinajstić information content (AvgIpc) is 3.41. The minimum atomic E-state index is -0.221. The van der Waals surface area contributed by atoms with Crippen LogP contribution >= 0.6 is 11.3 Å². The molecular weight excluding hydrogens is 478 g/mol. The Bertz CT molecular complexity index is 1050. The van der Waals surface area contributed by atoms with E-state index in [1.54, 1.807) is 0 Å². The highest BCUT2D eigenvalue weighted by Crippen LogP contribution is 2.36. The number of halogens is 1. The summed E-state index contributed by atoms with van der Waals surface area (Å²) in [4.78, 5) is 27.2. The highest BCUT2D eigenvalue weighted by Gasteiger charge is 2.49. The van der Waals surface area contributed by atoms with Crippen LogP contribution in [0, 0.1) is 11.8 Å². The molecule has 2 aromatic carbocycles. The van der Waals surface area contributed by atoms with Crippen molar-refractivity contribution >= 4 is 23.1 Å². The van der Waals surface area contributed by atoms with E-state index < -0.39 is 0 Å². The van der Waals surface area contributed by atoms with Gasteiger partial charge in [0.2, 0.25) is 5.78 Å². The van der Waals surface area contributed by atoms with Gasteiger partial charge in [0.25, 0.3) is 0 Å². The molecule has 184 valence electrons. The Morgan fingerprint density at radius 1 is 0.886 bits per heavy atom. The van der Waals surface area contributed by atoms with Crippen LogP contribution in [0.5, 0.6) is 0 Å². The third-order valence-electron chi connectivity index (χ3n) is 7.57. The second kappa shape index (κ2) is 11.5. The van der Waals surface area contributed by atoms with Gasteiger partial charge in [-0.1, -0.05) is 66.7 Å². The number of carbonyl (C=O) groups is 2. The number of rotatable bonds is 9. The Hall–Kier alpha value is -2.47. The summed E-state index contributed by atoms with van der Waals surface area (Å²) in [5.74, 6) is 0.303. The first kappa shape index (κ1) is 25.6. The predicted octanol–water partition coefficient (Wildman–Crippen LogP) is 2.19. The van der Waals surface area contributed by atoms with Crippen molar-refractivity contribution < 1.29 is 31.2 Å². The summed E-state index contributed by atoms with van der Waals surface area (Å²) in [6, 6.07) is 24.2. The van der Waals surface area contributed by atoms with Gasteiger partial charge < -0.3 is 21.6 Å². The van der Waals surface area contributed by atoms with Crippen molar-refractivity contribution in [3.63, 3.8) is 0 Å². The first-order chi connectivity index (χ1) is 16.6. The topological polar surface area (TPSA) is 43.4 Å². The number of nitrogens with zero attached hydrogens (tertiary/aromatic N) is 1. The lowest BCUT2D eigenvalue weighted by Crippen LogP contribution is -3.00. The zero-order valence-electron chi connectivity index (χ0n) is 19.9. The molecule has 2 bridgehead atoms. The van der Waals surface area contributed by atoms with E-state index in [-0.39, 0.29) is 36.2 Å². The van der Waals surface area contributed by atoms with Crippen molar-refractivity contribution in [2.75, 3.05) is 26.2 Å². The molecule has 4 heterocycles. The monoisotopic (exact) mass is 509 g/mol. The molecule has 3 aliphatic rings. The lowest BCUT2D eigenvalue weighted by molar-refractivity contribution is -0.938. The second-order valence-electron chi connectivity index (χ2n) is 9.92. The van der Waals surface area contributed by atoms with Crippen LogP contribution in [-0.4, -0.2) is 48.5 Å². The van der Waals surface area contributed by atoms with Crippen molar-refractivity contribution in [1.29, 1.82) is 0 Å². The van der Waals surface area contributed by atoms with Crippen LogP contribution in [0.1, 0.15) is 33.6 Å². The van der Waals surface area contributed by atoms with Gasteiger partial charge in [-0.05, 0) is 35.4 Å². The third kappa shape index (κ3) is 6.21. The van der Waals surface area contributed by atoms with Crippen molar-refractivity contribution in [1.82, 2.24) is 0 Å². The second-order valence-corrected chi connectivity index (χ2v) is 10.9. The van der Waals surface area contributed by atoms with E-state index in [1.165, 1.54) is 11.3 Å². The fraction of sp³-hybridized carbons (Fsp3) is 0.379. The molecule has 0 unspecified atom stereocenters. The first-order valence-corrected chi connectivity index (χ1v) is 13.2. The Kier molecular flexibility index (Phi) is 8.42. The van der Waals surface area contributed by atoms with E-state index in [9.17, 15) is 9.59 Å². The van der Waals surface area contributed by atoms with Crippen molar-refractivity contribution in [2.24, 2.45) is 11.8 Å². The highest BCUT2D eigenvalue weighted by atomic mass is 35.5. The Morgan fingerprint density at radius 3 is 2.03 bits per heavy atom. The zero-order chi connectivity index (χ0) is 23.4. The quantitative estimate of drug-likeness (QED) is 0.252. The molecule has 3 aromatic rings.